The van der Waals surface area contributed by atoms with Gasteiger partial charge in [0, 0.05) is 31.0 Å². The highest BCUT2D eigenvalue weighted by Gasteiger charge is 2.26. The smallest absolute Gasteiger partial charge is 0.260 e. The lowest BCUT2D eigenvalue weighted by molar-refractivity contribution is 0.0985. The molecule has 9 heteroatoms. The molecule has 0 atom stereocenters. The standard InChI is InChI=1S/C28H32N4O3S2/c1-5-14-31(15-6-2)37(34,35)24-11-9-23(10-12-24)27(33)32(19-22-8-7-13-29-18-22)28-30-25-17-20(3)16-21(4)26(25)36-28/h7-13,16-18H,5-6,14-15,19H2,1-4H3. The number of hydrogen-bond acceptors (Lipinski definition) is 6. The SMILES string of the molecule is CCCN(CCC)S(=O)(=O)c1ccc(C(=O)N(Cc2cccnc2)c2nc3cc(C)cc(C)c3s2)cc1. The van der Waals surface area contributed by atoms with Crippen LogP contribution in [0.15, 0.2) is 65.8 Å². The van der Waals surface area contributed by atoms with E-state index < -0.39 is 10.0 Å². The Morgan fingerprint density at radius 2 is 1.70 bits per heavy atom. The van der Waals surface area contributed by atoms with Crippen LogP contribution >= 0.6 is 11.3 Å². The summed E-state index contributed by atoms with van der Waals surface area (Å²) < 4.78 is 28.9. The van der Waals surface area contributed by atoms with Crippen LogP contribution in [0.3, 0.4) is 0 Å². The summed E-state index contributed by atoms with van der Waals surface area (Å²) in [7, 11) is -3.63. The van der Waals surface area contributed by atoms with E-state index in [-0.39, 0.29) is 10.8 Å². The maximum absolute atomic E-state index is 13.8. The highest BCUT2D eigenvalue weighted by molar-refractivity contribution is 7.89. The molecule has 0 radical (unpaired) electrons. The lowest BCUT2D eigenvalue weighted by Gasteiger charge is -2.22. The first-order valence-corrected chi connectivity index (χ1v) is 14.7. The van der Waals surface area contributed by atoms with E-state index in [9.17, 15) is 13.2 Å². The average molecular weight is 537 g/mol. The molecule has 0 unspecified atom stereocenters. The predicted molar refractivity (Wildman–Crippen MR) is 150 cm³/mol. The lowest BCUT2D eigenvalue weighted by atomic mass is 10.1. The van der Waals surface area contributed by atoms with Gasteiger partial charge in [-0.3, -0.25) is 14.7 Å². The fraction of sp³-hybridized carbons (Fsp3) is 0.321. The molecule has 7 nitrogen and oxygen atoms in total. The van der Waals surface area contributed by atoms with E-state index in [1.807, 2.05) is 45.9 Å². The molecule has 1 amide bonds. The Morgan fingerprint density at radius 3 is 2.32 bits per heavy atom. The molecule has 2 aromatic carbocycles. The molecular formula is C28H32N4O3S2. The van der Waals surface area contributed by atoms with Gasteiger partial charge in [-0.05, 0) is 79.8 Å². The Balaban J connectivity index is 1.70. The zero-order chi connectivity index (χ0) is 26.6. The molecule has 0 N–H and O–H groups in total. The van der Waals surface area contributed by atoms with Crippen LogP contribution in [0.2, 0.25) is 0 Å². The van der Waals surface area contributed by atoms with Gasteiger partial charge in [-0.1, -0.05) is 37.3 Å². The molecule has 4 aromatic rings. The summed E-state index contributed by atoms with van der Waals surface area (Å²) in [5, 5.41) is 0.589. The van der Waals surface area contributed by atoms with Crippen molar-refractivity contribution in [1.29, 1.82) is 0 Å². The van der Waals surface area contributed by atoms with Crippen molar-refractivity contribution in [2.75, 3.05) is 18.0 Å². The number of amides is 1. The Bertz CT molecular complexity index is 1480. The van der Waals surface area contributed by atoms with Crippen LogP contribution in [0.1, 0.15) is 53.7 Å². The van der Waals surface area contributed by atoms with Gasteiger partial charge >= 0.3 is 0 Å². The fourth-order valence-corrected chi connectivity index (χ4v) is 6.94. The Morgan fingerprint density at radius 1 is 1.00 bits per heavy atom. The van der Waals surface area contributed by atoms with E-state index in [1.54, 1.807) is 29.4 Å². The second kappa shape index (κ2) is 11.5. The minimum absolute atomic E-state index is 0.191. The topological polar surface area (TPSA) is 83.5 Å². The molecular weight excluding hydrogens is 504 g/mol. The van der Waals surface area contributed by atoms with E-state index in [1.165, 1.54) is 27.8 Å². The lowest BCUT2D eigenvalue weighted by Crippen LogP contribution is -2.33. The van der Waals surface area contributed by atoms with Gasteiger partial charge in [0.05, 0.1) is 21.7 Å². The molecule has 194 valence electrons. The van der Waals surface area contributed by atoms with Crippen molar-refractivity contribution in [3.8, 4) is 0 Å². The monoisotopic (exact) mass is 536 g/mol. The molecule has 0 spiro atoms. The minimum atomic E-state index is -3.63. The van der Waals surface area contributed by atoms with Crippen molar-refractivity contribution >= 4 is 42.6 Å². The van der Waals surface area contributed by atoms with Gasteiger partial charge in [-0.2, -0.15) is 4.31 Å². The van der Waals surface area contributed by atoms with Gasteiger partial charge in [0.15, 0.2) is 5.13 Å². The third kappa shape index (κ3) is 5.89. The van der Waals surface area contributed by atoms with Crippen LogP contribution in [-0.4, -0.2) is 41.7 Å². The van der Waals surface area contributed by atoms with Crippen LogP contribution < -0.4 is 4.90 Å². The largest absolute Gasteiger partial charge is 0.279 e. The van der Waals surface area contributed by atoms with Crippen LogP contribution in [0.5, 0.6) is 0 Å². The third-order valence-electron chi connectivity index (χ3n) is 6.03. The summed E-state index contributed by atoms with van der Waals surface area (Å²) in [6.45, 7) is 9.22. The number of pyridine rings is 1. The average Bonchev–Trinajstić information content (AvgIpc) is 3.31. The number of sulfonamides is 1. The minimum Gasteiger partial charge on any atom is -0.279 e. The van der Waals surface area contributed by atoms with E-state index in [0.717, 1.165) is 39.7 Å². The number of benzene rings is 2. The third-order valence-corrected chi connectivity index (χ3v) is 9.18. The quantitative estimate of drug-likeness (QED) is 0.249. The van der Waals surface area contributed by atoms with Gasteiger partial charge in [0.25, 0.3) is 5.91 Å². The summed E-state index contributed by atoms with van der Waals surface area (Å²) in [6.07, 6.45) is 4.90. The molecule has 0 aliphatic rings. The van der Waals surface area contributed by atoms with Crippen LogP contribution in [-0.2, 0) is 16.6 Å². The molecule has 2 aromatic heterocycles. The zero-order valence-corrected chi connectivity index (χ0v) is 23.3. The Labute approximate surface area is 222 Å². The van der Waals surface area contributed by atoms with Crippen LogP contribution in [0.4, 0.5) is 5.13 Å². The van der Waals surface area contributed by atoms with Crippen molar-refractivity contribution < 1.29 is 13.2 Å². The van der Waals surface area contributed by atoms with Crippen molar-refractivity contribution in [3.05, 3.63) is 83.2 Å². The summed E-state index contributed by atoms with van der Waals surface area (Å²) in [5.41, 5.74) is 4.36. The van der Waals surface area contributed by atoms with Crippen LogP contribution in [0.25, 0.3) is 10.2 Å². The molecule has 4 rings (SSSR count). The number of nitrogens with zero attached hydrogens (tertiary/aromatic N) is 4. The molecule has 0 aliphatic heterocycles. The fourth-order valence-electron chi connectivity index (χ4n) is 4.31. The second-order valence-electron chi connectivity index (χ2n) is 9.11. The zero-order valence-electron chi connectivity index (χ0n) is 21.6. The summed E-state index contributed by atoms with van der Waals surface area (Å²) in [4.78, 5) is 24.6. The molecule has 0 aliphatic carbocycles. The highest BCUT2D eigenvalue weighted by atomic mass is 32.2. The highest BCUT2D eigenvalue weighted by Crippen LogP contribution is 2.33. The number of rotatable bonds is 10. The normalized spacial score (nSPS) is 11.8. The number of carbonyl (C=O) groups excluding carboxylic acids is 1. The summed E-state index contributed by atoms with van der Waals surface area (Å²) >= 11 is 1.48. The summed E-state index contributed by atoms with van der Waals surface area (Å²) in [6, 6.07) is 14.1. The van der Waals surface area contributed by atoms with Crippen LogP contribution in [0, 0.1) is 13.8 Å². The van der Waals surface area contributed by atoms with E-state index in [2.05, 4.69) is 11.1 Å². The number of anilines is 1. The van der Waals surface area contributed by atoms with E-state index in [0.29, 0.717) is 30.3 Å². The molecule has 0 fully saturated rings. The maximum atomic E-state index is 13.8. The van der Waals surface area contributed by atoms with Gasteiger partial charge in [-0.25, -0.2) is 13.4 Å². The van der Waals surface area contributed by atoms with Crippen molar-refractivity contribution in [2.45, 2.75) is 52.0 Å². The number of thiazole rings is 1. The van der Waals surface area contributed by atoms with Crippen molar-refractivity contribution in [1.82, 2.24) is 14.3 Å². The van der Waals surface area contributed by atoms with E-state index in [4.69, 9.17) is 4.98 Å². The summed E-state index contributed by atoms with van der Waals surface area (Å²) in [5.74, 6) is -0.250. The predicted octanol–water partition coefficient (Wildman–Crippen LogP) is 5.97. The van der Waals surface area contributed by atoms with Gasteiger partial charge < -0.3 is 0 Å². The van der Waals surface area contributed by atoms with Crippen molar-refractivity contribution in [2.24, 2.45) is 0 Å². The Hall–Kier alpha value is -3.14. The first-order valence-electron chi connectivity index (χ1n) is 12.4. The first kappa shape index (κ1) is 26.9. The first-order chi connectivity index (χ1) is 17.7. The molecule has 37 heavy (non-hydrogen) atoms. The van der Waals surface area contributed by atoms with Gasteiger partial charge in [0.2, 0.25) is 10.0 Å². The Kier molecular flexibility index (Phi) is 8.36. The van der Waals surface area contributed by atoms with Gasteiger partial charge in [0.1, 0.15) is 0 Å². The maximum Gasteiger partial charge on any atom is 0.260 e. The van der Waals surface area contributed by atoms with Gasteiger partial charge in [-0.15, -0.1) is 0 Å². The van der Waals surface area contributed by atoms with E-state index >= 15 is 0 Å². The molecule has 0 saturated carbocycles. The number of hydrogen-bond donors (Lipinski definition) is 0. The molecule has 2 heterocycles. The number of carbonyl (C=O) groups is 1. The number of aryl methyl sites for hydroxylation is 2. The van der Waals surface area contributed by atoms with Crippen molar-refractivity contribution in [3.63, 3.8) is 0 Å². The molecule has 0 saturated heterocycles. The number of aromatic nitrogens is 2. The molecule has 0 bridgehead atoms. The second-order valence-corrected chi connectivity index (χ2v) is 12.0. The number of fused-ring (bicyclic) bond motifs is 1.